The third-order valence-electron chi connectivity index (χ3n) is 3.96. The number of carbonyl (C=O) groups excluding carboxylic acids is 2. The van der Waals surface area contributed by atoms with Gasteiger partial charge in [0.1, 0.15) is 11.6 Å². The van der Waals surface area contributed by atoms with Crippen molar-refractivity contribution in [3.05, 3.63) is 0 Å². The highest BCUT2D eigenvalue weighted by atomic mass is 16.5. The van der Waals surface area contributed by atoms with Gasteiger partial charge in [-0.05, 0) is 32.6 Å². The number of hydrogen-bond donors (Lipinski definition) is 1. The Kier molecular flexibility index (Phi) is 4.80. The predicted octanol–water partition coefficient (Wildman–Crippen LogP) is 1.55. The highest BCUT2D eigenvalue weighted by Crippen LogP contribution is 2.30. The van der Waals surface area contributed by atoms with Gasteiger partial charge in [-0.3, -0.25) is 4.79 Å². The van der Waals surface area contributed by atoms with Crippen molar-refractivity contribution in [1.29, 1.82) is 0 Å². The zero-order chi connectivity index (χ0) is 13.7. The normalized spacial score (nSPS) is 25.8. The van der Waals surface area contributed by atoms with Gasteiger partial charge in [-0.15, -0.1) is 0 Å². The lowest BCUT2D eigenvalue weighted by Crippen LogP contribution is -2.58. The largest absolute Gasteiger partial charge is 0.464 e. The molecule has 1 atom stereocenters. The summed E-state index contributed by atoms with van der Waals surface area (Å²) in [7, 11) is 0. The fourth-order valence-electron chi connectivity index (χ4n) is 2.91. The van der Waals surface area contributed by atoms with Crippen LogP contribution in [0.5, 0.6) is 0 Å². The quantitative estimate of drug-likeness (QED) is 0.786. The monoisotopic (exact) mass is 269 g/mol. The molecule has 1 amide bonds. The molecule has 0 aromatic rings. The minimum Gasteiger partial charge on any atom is -0.464 e. The van der Waals surface area contributed by atoms with Crippen LogP contribution in [0, 0.1) is 0 Å². The van der Waals surface area contributed by atoms with Crippen LogP contribution in [0.4, 0.5) is 0 Å². The lowest BCUT2D eigenvalue weighted by atomic mass is 9.81. The molecule has 5 heteroatoms. The van der Waals surface area contributed by atoms with E-state index in [1.807, 2.05) is 0 Å². The maximum absolute atomic E-state index is 12.2. The van der Waals surface area contributed by atoms with Crippen molar-refractivity contribution in [3.63, 3.8) is 0 Å². The van der Waals surface area contributed by atoms with Crippen molar-refractivity contribution < 1.29 is 19.1 Å². The molecule has 5 nitrogen and oxygen atoms in total. The summed E-state index contributed by atoms with van der Waals surface area (Å²) in [5, 5.41) is 2.92. The predicted molar refractivity (Wildman–Crippen MR) is 69.6 cm³/mol. The maximum atomic E-state index is 12.2. The minimum atomic E-state index is -0.822. The summed E-state index contributed by atoms with van der Waals surface area (Å²) in [5.74, 6) is -0.450. The Labute approximate surface area is 114 Å². The van der Waals surface area contributed by atoms with Gasteiger partial charge in [0, 0.05) is 6.61 Å². The molecule has 2 fully saturated rings. The van der Waals surface area contributed by atoms with Gasteiger partial charge in [-0.2, -0.15) is 0 Å². The Hall–Kier alpha value is -1.10. The molecule has 0 radical (unpaired) electrons. The molecule has 0 unspecified atom stereocenters. The summed E-state index contributed by atoms with van der Waals surface area (Å²) >= 11 is 0. The minimum absolute atomic E-state index is 0.160. The summed E-state index contributed by atoms with van der Waals surface area (Å²) in [6.07, 6.45) is 5.60. The molecule has 2 rings (SSSR count). The Morgan fingerprint density at radius 2 is 2.00 bits per heavy atom. The van der Waals surface area contributed by atoms with E-state index >= 15 is 0 Å². The molecule has 1 heterocycles. The third kappa shape index (κ3) is 3.26. The first kappa shape index (κ1) is 14.3. The number of nitrogens with one attached hydrogen (secondary N) is 1. The molecule has 1 saturated carbocycles. The lowest BCUT2D eigenvalue weighted by molar-refractivity contribution is -0.156. The second kappa shape index (κ2) is 6.37. The van der Waals surface area contributed by atoms with Crippen molar-refractivity contribution in [2.24, 2.45) is 0 Å². The van der Waals surface area contributed by atoms with Crippen LogP contribution in [0.15, 0.2) is 0 Å². The van der Waals surface area contributed by atoms with Gasteiger partial charge in [-0.1, -0.05) is 19.3 Å². The zero-order valence-corrected chi connectivity index (χ0v) is 11.6. The molecule has 19 heavy (non-hydrogen) atoms. The first-order valence-electron chi connectivity index (χ1n) is 7.29. The Morgan fingerprint density at radius 3 is 2.58 bits per heavy atom. The van der Waals surface area contributed by atoms with Gasteiger partial charge in [0.05, 0.1) is 6.61 Å². The average molecular weight is 269 g/mol. The fourth-order valence-corrected chi connectivity index (χ4v) is 2.91. The molecular weight excluding hydrogens is 246 g/mol. The van der Waals surface area contributed by atoms with Crippen molar-refractivity contribution in [3.8, 4) is 0 Å². The molecule has 1 saturated heterocycles. The van der Waals surface area contributed by atoms with Crippen LogP contribution < -0.4 is 5.32 Å². The van der Waals surface area contributed by atoms with E-state index in [9.17, 15) is 9.59 Å². The number of ether oxygens (including phenoxy) is 2. The summed E-state index contributed by atoms with van der Waals surface area (Å²) in [6, 6.07) is 0. The molecule has 1 aliphatic carbocycles. The first-order chi connectivity index (χ1) is 9.18. The number of amides is 1. The van der Waals surface area contributed by atoms with Gasteiger partial charge in [0.15, 0.2) is 0 Å². The van der Waals surface area contributed by atoms with E-state index in [2.05, 4.69) is 5.32 Å². The van der Waals surface area contributed by atoms with E-state index in [4.69, 9.17) is 9.47 Å². The molecule has 2 aliphatic rings. The molecule has 0 spiro atoms. The van der Waals surface area contributed by atoms with Gasteiger partial charge in [0.2, 0.25) is 5.91 Å². The summed E-state index contributed by atoms with van der Waals surface area (Å²) in [4.78, 5) is 24.4. The van der Waals surface area contributed by atoms with Gasteiger partial charge < -0.3 is 14.8 Å². The molecule has 0 aromatic heterocycles. The number of esters is 1. The SMILES string of the molecule is CCOC(=O)C1(NC(=O)[C@H]2CCCO2)CCCCC1. The first-order valence-corrected chi connectivity index (χ1v) is 7.29. The van der Waals surface area contributed by atoms with Crippen molar-refractivity contribution in [2.45, 2.75) is 63.5 Å². The highest BCUT2D eigenvalue weighted by Gasteiger charge is 2.43. The molecule has 1 N–H and O–H groups in total. The molecule has 108 valence electrons. The van der Waals surface area contributed by atoms with Gasteiger partial charge >= 0.3 is 5.97 Å². The third-order valence-corrected chi connectivity index (χ3v) is 3.96. The maximum Gasteiger partial charge on any atom is 0.331 e. The smallest absolute Gasteiger partial charge is 0.331 e. The summed E-state index contributed by atoms with van der Waals surface area (Å²) in [5.41, 5.74) is -0.822. The van der Waals surface area contributed by atoms with Crippen LogP contribution in [0.2, 0.25) is 0 Å². The van der Waals surface area contributed by atoms with Crippen LogP contribution in [-0.2, 0) is 19.1 Å². The number of hydrogen-bond acceptors (Lipinski definition) is 4. The average Bonchev–Trinajstić information content (AvgIpc) is 2.94. The van der Waals surface area contributed by atoms with Crippen LogP contribution >= 0.6 is 0 Å². The zero-order valence-electron chi connectivity index (χ0n) is 11.6. The van der Waals surface area contributed by atoms with E-state index in [0.717, 1.165) is 32.1 Å². The van der Waals surface area contributed by atoms with E-state index in [1.54, 1.807) is 6.92 Å². The molecule has 1 aliphatic heterocycles. The van der Waals surface area contributed by atoms with E-state index in [0.29, 0.717) is 26.1 Å². The van der Waals surface area contributed by atoms with Crippen LogP contribution in [0.25, 0.3) is 0 Å². The van der Waals surface area contributed by atoms with E-state index in [1.165, 1.54) is 0 Å². The highest BCUT2D eigenvalue weighted by molar-refractivity contribution is 5.90. The fraction of sp³-hybridized carbons (Fsp3) is 0.857. The number of rotatable bonds is 4. The van der Waals surface area contributed by atoms with E-state index < -0.39 is 11.6 Å². The van der Waals surface area contributed by atoms with Gasteiger partial charge in [0.25, 0.3) is 0 Å². The Balaban J connectivity index is 2.04. The number of carbonyl (C=O) groups is 2. The molecule has 0 aromatic carbocycles. The van der Waals surface area contributed by atoms with Crippen molar-refractivity contribution in [2.75, 3.05) is 13.2 Å². The topological polar surface area (TPSA) is 64.6 Å². The van der Waals surface area contributed by atoms with Crippen LogP contribution in [-0.4, -0.2) is 36.7 Å². The van der Waals surface area contributed by atoms with E-state index in [-0.39, 0.29) is 11.9 Å². The summed E-state index contributed by atoms with van der Waals surface area (Å²) < 4.78 is 10.5. The van der Waals surface area contributed by atoms with Crippen molar-refractivity contribution in [1.82, 2.24) is 5.32 Å². The van der Waals surface area contributed by atoms with Crippen molar-refractivity contribution >= 4 is 11.9 Å². The van der Waals surface area contributed by atoms with Crippen LogP contribution in [0.3, 0.4) is 0 Å². The second-order valence-corrected chi connectivity index (χ2v) is 5.35. The van der Waals surface area contributed by atoms with Crippen LogP contribution in [0.1, 0.15) is 51.9 Å². The Bertz CT molecular complexity index is 330. The molecular formula is C14H23NO4. The summed E-state index contributed by atoms with van der Waals surface area (Å²) in [6.45, 7) is 2.76. The second-order valence-electron chi connectivity index (χ2n) is 5.35. The van der Waals surface area contributed by atoms with Gasteiger partial charge in [-0.25, -0.2) is 4.79 Å². The lowest BCUT2D eigenvalue weighted by Gasteiger charge is -2.36. The standard InChI is InChI=1S/C14H23NO4/c1-2-18-13(17)14(8-4-3-5-9-14)15-12(16)11-7-6-10-19-11/h11H,2-10H2,1H3,(H,15,16)/t11-/m1/s1. The molecule has 0 bridgehead atoms. The Morgan fingerprint density at radius 1 is 1.26 bits per heavy atom.